The van der Waals surface area contributed by atoms with Gasteiger partial charge in [-0.05, 0) is 32.2 Å². The molecule has 0 saturated carbocycles. The molecular formula is C9H20N2Si. The van der Waals surface area contributed by atoms with Gasteiger partial charge in [-0.25, -0.2) is 0 Å². The van der Waals surface area contributed by atoms with Crippen molar-refractivity contribution < 1.29 is 0 Å². The predicted molar refractivity (Wildman–Crippen MR) is 57.1 cm³/mol. The molecule has 1 atom stereocenters. The molecule has 2 nitrogen and oxygen atoms in total. The molecular weight excluding hydrogens is 164 g/mol. The lowest BCUT2D eigenvalue weighted by molar-refractivity contribution is 0.279. The Morgan fingerprint density at radius 1 is 1.42 bits per heavy atom. The highest BCUT2D eigenvalue weighted by atomic mass is 28.1. The maximum atomic E-state index is 7.67. The van der Waals surface area contributed by atoms with Crippen LogP contribution in [0.4, 0.5) is 0 Å². The minimum Gasteiger partial charge on any atom is -0.355 e. The van der Waals surface area contributed by atoms with Gasteiger partial charge in [0, 0.05) is 22.3 Å². The second kappa shape index (κ2) is 2.59. The van der Waals surface area contributed by atoms with E-state index in [1.807, 2.05) is 6.92 Å². The Balaban J connectivity index is 2.85. The average Bonchev–Trinajstić information content (AvgIpc) is 1.99. The van der Waals surface area contributed by atoms with Gasteiger partial charge < -0.3 is 4.90 Å². The molecule has 1 saturated heterocycles. The number of amidine groups is 1. The fourth-order valence-electron chi connectivity index (χ4n) is 2.54. The summed E-state index contributed by atoms with van der Waals surface area (Å²) in [5, 5.41) is 8.17. The smallest absolute Gasteiger partial charge is 0.0930 e. The first-order chi connectivity index (χ1) is 5.25. The highest BCUT2D eigenvalue weighted by molar-refractivity contribution is 6.15. The molecule has 0 radical (unpaired) electrons. The van der Waals surface area contributed by atoms with E-state index in [4.69, 9.17) is 5.41 Å². The second-order valence-electron chi connectivity index (χ2n) is 5.32. The Hall–Kier alpha value is -0.313. The lowest BCUT2D eigenvalue weighted by atomic mass is 9.97. The third-order valence-electron chi connectivity index (χ3n) is 2.63. The molecule has 0 spiro atoms. The Morgan fingerprint density at radius 3 is 2.08 bits per heavy atom. The summed E-state index contributed by atoms with van der Waals surface area (Å²) in [6.45, 7) is 9.80. The van der Waals surface area contributed by atoms with Crippen molar-refractivity contribution >= 4 is 16.1 Å². The van der Waals surface area contributed by atoms with E-state index in [2.05, 4.69) is 25.7 Å². The van der Waals surface area contributed by atoms with Crippen LogP contribution in [-0.4, -0.2) is 33.1 Å². The van der Waals surface area contributed by atoms with E-state index in [1.54, 1.807) is 0 Å². The van der Waals surface area contributed by atoms with Crippen LogP contribution in [0.25, 0.3) is 0 Å². The number of hydrogen-bond acceptors (Lipinski definition) is 1. The number of likely N-dealkylation sites (tertiary alicyclic amines) is 1. The summed E-state index contributed by atoms with van der Waals surface area (Å²) in [5.41, 5.74) is 0.211. The van der Waals surface area contributed by atoms with E-state index >= 15 is 0 Å². The van der Waals surface area contributed by atoms with E-state index in [1.165, 1.54) is 16.7 Å². The predicted octanol–water partition coefficient (Wildman–Crippen LogP) is 1.01. The van der Waals surface area contributed by atoms with Gasteiger partial charge >= 0.3 is 0 Å². The monoisotopic (exact) mass is 184 g/mol. The van der Waals surface area contributed by atoms with Crippen molar-refractivity contribution in [3.63, 3.8) is 0 Å². The summed E-state index contributed by atoms with van der Waals surface area (Å²) in [4.78, 5) is 2.24. The molecule has 1 N–H and O–H groups in total. The molecule has 0 unspecified atom stereocenters. The average molecular weight is 184 g/mol. The summed E-state index contributed by atoms with van der Waals surface area (Å²) < 4.78 is 0. The number of hydrogen-bond donors (Lipinski definition) is 1. The summed E-state index contributed by atoms with van der Waals surface area (Å²) in [7, 11) is 1.23. The molecule has 12 heavy (non-hydrogen) atoms. The molecule has 70 valence electrons. The third-order valence-corrected chi connectivity index (χ3v) is 3.30. The number of rotatable bonds is 0. The van der Waals surface area contributed by atoms with Crippen molar-refractivity contribution in [1.29, 1.82) is 5.41 Å². The topological polar surface area (TPSA) is 27.1 Å². The summed E-state index contributed by atoms with van der Waals surface area (Å²) in [6.07, 6.45) is 1.24. The SMILES string of the molecule is CC(=N)N1C[C@](C)([SiH3])CC1(C)C. The normalized spacial score (nSPS) is 34.2. The molecule has 1 aliphatic rings. The molecule has 0 aromatic carbocycles. The standard InChI is InChI=1S/C9H20N2Si/c1-7(10)11-6-9(4,12)5-8(11,2)3/h10H,5-6H2,1-4,12H3/t9-/m1/s1. The third kappa shape index (κ3) is 1.71. The Labute approximate surface area is 78.3 Å². The van der Waals surface area contributed by atoms with Gasteiger partial charge in [0.15, 0.2) is 0 Å². The highest BCUT2D eigenvalue weighted by Gasteiger charge is 2.42. The van der Waals surface area contributed by atoms with Gasteiger partial charge in [-0.2, -0.15) is 0 Å². The Bertz CT molecular complexity index is 209. The lowest BCUT2D eigenvalue weighted by Gasteiger charge is -2.32. The van der Waals surface area contributed by atoms with Crippen LogP contribution in [0.15, 0.2) is 0 Å². The van der Waals surface area contributed by atoms with E-state index in [-0.39, 0.29) is 5.54 Å². The van der Waals surface area contributed by atoms with Gasteiger partial charge in [0.25, 0.3) is 0 Å². The van der Waals surface area contributed by atoms with E-state index in [9.17, 15) is 0 Å². The molecule has 1 heterocycles. The van der Waals surface area contributed by atoms with Crippen molar-refractivity contribution in [2.24, 2.45) is 0 Å². The molecule has 0 aromatic heterocycles. The first-order valence-corrected chi connectivity index (χ1v) is 5.57. The van der Waals surface area contributed by atoms with Crippen molar-refractivity contribution in [2.75, 3.05) is 6.54 Å². The van der Waals surface area contributed by atoms with Crippen LogP contribution < -0.4 is 0 Å². The van der Waals surface area contributed by atoms with E-state index in [0.29, 0.717) is 5.04 Å². The van der Waals surface area contributed by atoms with Crippen LogP contribution >= 0.6 is 0 Å². The zero-order chi connectivity index (χ0) is 9.57. The van der Waals surface area contributed by atoms with Gasteiger partial charge in [-0.3, -0.25) is 5.41 Å². The molecule has 1 aliphatic heterocycles. The largest absolute Gasteiger partial charge is 0.355 e. The van der Waals surface area contributed by atoms with Crippen molar-refractivity contribution in [3.05, 3.63) is 0 Å². The molecule has 0 aromatic rings. The van der Waals surface area contributed by atoms with Gasteiger partial charge in [-0.1, -0.05) is 6.92 Å². The van der Waals surface area contributed by atoms with E-state index < -0.39 is 0 Å². The number of nitrogens with zero attached hydrogens (tertiary/aromatic N) is 1. The Kier molecular flexibility index (Phi) is 2.11. The fourth-order valence-corrected chi connectivity index (χ4v) is 3.72. The van der Waals surface area contributed by atoms with E-state index in [0.717, 1.165) is 12.4 Å². The lowest BCUT2D eigenvalue weighted by Crippen LogP contribution is -2.41. The molecule has 1 fully saturated rings. The first-order valence-electron chi connectivity index (χ1n) is 4.57. The summed E-state index contributed by atoms with van der Waals surface area (Å²) >= 11 is 0. The van der Waals surface area contributed by atoms with Gasteiger partial charge in [0.05, 0.1) is 5.84 Å². The van der Waals surface area contributed by atoms with Crippen LogP contribution in [0.2, 0.25) is 5.04 Å². The minimum absolute atomic E-state index is 0.211. The number of nitrogens with one attached hydrogen (secondary N) is 1. The van der Waals surface area contributed by atoms with Crippen LogP contribution in [0.3, 0.4) is 0 Å². The summed E-state index contributed by atoms with van der Waals surface area (Å²) in [5.74, 6) is 0.722. The van der Waals surface area contributed by atoms with Crippen LogP contribution in [0.5, 0.6) is 0 Å². The quantitative estimate of drug-likeness (QED) is 0.339. The maximum Gasteiger partial charge on any atom is 0.0930 e. The zero-order valence-corrected chi connectivity index (χ0v) is 10.9. The van der Waals surface area contributed by atoms with Crippen LogP contribution in [0, 0.1) is 5.41 Å². The first kappa shape index (κ1) is 9.77. The molecule has 3 heteroatoms. The second-order valence-corrected chi connectivity index (χ2v) is 7.74. The molecule has 0 amide bonds. The van der Waals surface area contributed by atoms with Crippen LogP contribution in [-0.2, 0) is 0 Å². The van der Waals surface area contributed by atoms with Gasteiger partial charge in [0.1, 0.15) is 0 Å². The fraction of sp³-hybridized carbons (Fsp3) is 0.889. The molecule has 0 aliphatic carbocycles. The van der Waals surface area contributed by atoms with Crippen molar-refractivity contribution in [1.82, 2.24) is 4.90 Å². The van der Waals surface area contributed by atoms with Crippen molar-refractivity contribution in [3.8, 4) is 0 Å². The minimum atomic E-state index is 0.211. The van der Waals surface area contributed by atoms with Gasteiger partial charge in [0.2, 0.25) is 0 Å². The zero-order valence-electron chi connectivity index (χ0n) is 8.86. The van der Waals surface area contributed by atoms with Crippen molar-refractivity contribution in [2.45, 2.75) is 44.7 Å². The van der Waals surface area contributed by atoms with Crippen LogP contribution in [0.1, 0.15) is 34.1 Å². The summed E-state index contributed by atoms with van der Waals surface area (Å²) in [6, 6.07) is 0. The maximum absolute atomic E-state index is 7.67. The molecule has 1 rings (SSSR count). The van der Waals surface area contributed by atoms with Gasteiger partial charge in [-0.15, -0.1) is 0 Å². The highest BCUT2D eigenvalue weighted by Crippen LogP contribution is 2.43. The Morgan fingerprint density at radius 2 is 1.92 bits per heavy atom. The molecule has 0 bridgehead atoms.